The van der Waals surface area contributed by atoms with Gasteiger partial charge in [0.25, 0.3) is 0 Å². The minimum Gasteiger partial charge on any atom is -0.487 e. The van der Waals surface area contributed by atoms with E-state index in [1.165, 1.54) is 13.0 Å². The molecule has 1 unspecified atom stereocenters. The highest BCUT2D eigenvalue weighted by molar-refractivity contribution is 6.30. The highest BCUT2D eigenvalue weighted by atomic mass is 35.5. The van der Waals surface area contributed by atoms with Gasteiger partial charge in [0.2, 0.25) is 0 Å². The lowest BCUT2D eigenvalue weighted by molar-refractivity contribution is 0.0219. The number of hydrogen-bond donors (Lipinski definition) is 1. The maximum absolute atomic E-state index is 6.39. The number of rotatable bonds is 1. The van der Waals surface area contributed by atoms with E-state index in [0.29, 0.717) is 0 Å². The largest absolute Gasteiger partial charge is 0.487 e. The third-order valence-corrected chi connectivity index (χ3v) is 4.96. The molecule has 3 rings (SSSR count). The molecule has 1 fully saturated rings. The molecule has 2 atom stereocenters. The van der Waals surface area contributed by atoms with Gasteiger partial charge in [0.1, 0.15) is 11.4 Å². The molecule has 2 aliphatic heterocycles. The van der Waals surface area contributed by atoms with Gasteiger partial charge < -0.3 is 15.4 Å². The van der Waals surface area contributed by atoms with Crippen molar-refractivity contribution in [2.75, 3.05) is 19.6 Å². The lowest BCUT2D eigenvalue weighted by Crippen LogP contribution is -2.43. The zero-order chi connectivity index (χ0) is 14.2. The predicted octanol–water partition coefficient (Wildman–Crippen LogP) is 3.37. The molecule has 0 saturated carbocycles. The number of likely N-dealkylation sites (tertiary alicyclic amines) is 1. The molecule has 3 nitrogen and oxygen atoms in total. The van der Waals surface area contributed by atoms with Crippen LogP contribution >= 0.6 is 11.6 Å². The standard InChI is InChI=1S/C16H23ClN2O/c1-2-19-8-3-6-16(7-9-19)11-14(18)13-10-12(17)4-5-15(13)20-16/h4-5,10,14H,2-3,6-9,11,18H2,1H3/t14-,16?/m1/s1. The van der Waals surface area contributed by atoms with Gasteiger partial charge in [-0.25, -0.2) is 0 Å². The van der Waals surface area contributed by atoms with Crippen molar-refractivity contribution in [3.8, 4) is 5.75 Å². The van der Waals surface area contributed by atoms with Crippen LogP contribution in [0.4, 0.5) is 0 Å². The zero-order valence-electron chi connectivity index (χ0n) is 12.1. The van der Waals surface area contributed by atoms with Gasteiger partial charge in [-0.3, -0.25) is 0 Å². The van der Waals surface area contributed by atoms with Crippen LogP contribution in [-0.2, 0) is 0 Å². The molecule has 4 heteroatoms. The van der Waals surface area contributed by atoms with Crippen molar-refractivity contribution < 1.29 is 4.74 Å². The molecule has 20 heavy (non-hydrogen) atoms. The second-order valence-electron chi connectivity index (χ2n) is 6.07. The number of nitrogens with two attached hydrogens (primary N) is 1. The van der Waals surface area contributed by atoms with Gasteiger partial charge >= 0.3 is 0 Å². The summed E-state index contributed by atoms with van der Waals surface area (Å²) in [5.41, 5.74) is 7.36. The van der Waals surface area contributed by atoms with Gasteiger partial charge in [-0.05, 0) is 50.6 Å². The minimum absolute atomic E-state index is 0.0330. The van der Waals surface area contributed by atoms with Crippen molar-refractivity contribution in [3.05, 3.63) is 28.8 Å². The number of halogens is 1. The highest BCUT2D eigenvalue weighted by Gasteiger charge is 2.40. The lowest BCUT2D eigenvalue weighted by atomic mass is 9.82. The van der Waals surface area contributed by atoms with Crippen LogP contribution in [0.15, 0.2) is 18.2 Å². The Balaban J connectivity index is 1.85. The van der Waals surface area contributed by atoms with E-state index < -0.39 is 0 Å². The maximum atomic E-state index is 6.39. The second kappa shape index (κ2) is 5.55. The van der Waals surface area contributed by atoms with E-state index in [9.17, 15) is 0 Å². The molecule has 2 aliphatic rings. The summed E-state index contributed by atoms with van der Waals surface area (Å²) in [7, 11) is 0. The average Bonchev–Trinajstić information content (AvgIpc) is 2.62. The third-order valence-electron chi connectivity index (χ3n) is 4.73. The van der Waals surface area contributed by atoms with Gasteiger partial charge in [-0.15, -0.1) is 0 Å². The highest BCUT2D eigenvalue weighted by Crippen LogP contribution is 2.44. The third kappa shape index (κ3) is 2.67. The van der Waals surface area contributed by atoms with Crippen molar-refractivity contribution in [3.63, 3.8) is 0 Å². The van der Waals surface area contributed by atoms with Crippen LogP contribution in [0.3, 0.4) is 0 Å². The van der Waals surface area contributed by atoms with Crippen LogP contribution in [0, 0.1) is 0 Å². The van der Waals surface area contributed by atoms with Crippen LogP contribution in [-0.4, -0.2) is 30.1 Å². The molecule has 2 heterocycles. The van der Waals surface area contributed by atoms with Gasteiger partial charge in [0, 0.05) is 29.6 Å². The van der Waals surface area contributed by atoms with Crippen molar-refractivity contribution in [1.29, 1.82) is 0 Å². The smallest absolute Gasteiger partial charge is 0.125 e. The normalized spacial score (nSPS) is 30.6. The summed E-state index contributed by atoms with van der Waals surface area (Å²) >= 11 is 6.07. The van der Waals surface area contributed by atoms with Crippen molar-refractivity contribution >= 4 is 11.6 Å². The first-order chi connectivity index (χ1) is 9.62. The van der Waals surface area contributed by atoms with E-state index in [2.05, 4.69) is 11.8 Å². The molecule has 1 aromatic rings. The molecule has 0 bridgehead atoms. The molecule has 2 N–H and O–H groups in total. The molecule has 1 spiro atoms. The summed E-state index contributed by atoms with van der Waals surface area (Å²) in [5, 5.41) is 0.733. The fraction of sp³-hybridized carbons (Fsp3) is 0.625. The quantitative estimate of drug-likeness (QED) is 0.863. The molecule has 0 aliphatic carbocycles. The second-order valence-corrected chi connectivity index (χ2v) is 6.50. The summed E-state index contributed by atoms with van der Waals surface area (Å²) in [6, 6.07) is 5.84. The van der Waals surface area contributed by atoms with Gasteiger partial charge in [0.05, 0.1) is 0 Å². The number of nitrogens with zero attached hydrogens (tertiary/aromatic N) is 1. The van der Waals surface area contributed by atoms with E-state index in [0.717, 1.165) is 48.7 Å². The van der Waals surface area contributed by atoms with Crippen molar-refractivity contribution in [2.45, 2.75) is 44.2 Å². The molecule has 1 aromatic carbocycles. The SMILES string of the molecule is CCN1CCCC2(CC1)C[C@@H](N)c1cc(Cl)ccc1O2. The first-order valence-electron chi connectivity index (χ1n) is 7.58. The summed E-state index contributed by atoms with van der Waals surface area (Å²) in [6.07, 6.45) is 4.25. The summed E-state index contributed by atoms with van der Waals surface area (Å²) in [4.78, 5) is 2.50. The zero-order valence-corrected chi connectivity index (χ0v) is 12.8. The van der Waals surface area contributed by atoms with Crippen molar-refractivity contribution in [2.24, 2.45) is 5.73 Å². The van der Waals surface area contributed by atoms with Gasteiger partial charge in [-0.2, -0.15) is 0 Å². The fourth-order valence-corrected chi connectivity index (χ4v) is 3.71. The molecular weight excluding hydrogens is 272 g/mol. The molecular formula is C16H23ClN2O. The Labute approximate surface area is 126 Å². The predicted molar refractivity (Wildman–Crippen MR) is 82.3 cm³/mol. The monoisotopic (exact) mass is 294 g/mol. The van der Waals surface area contributed by atoms with E-state index >= 15 is 0 Å². The maximum Gasteiger partial charge on any atom is 0.125 e. The van der Waals surface area contributed by atoms with Crippen LogP contribution in [0.1, 0.15) is 44.2 Å². The van der Waals surface area contributed by atoms with E-state index in [4.69, 9.17) is 22.1 Å². The van der Waals surface area contributed by atoms with Gasteiger partial charge in [-0.1, -0.05) is 18.5 Å². The average molecular weight is 295 g/mol. The van der Waals surface area contributed by atoms with E-state index in [-0.39, 0.29) is 11.6 Å². The van der Waals surface area contributed by atoms with Crippen LogP contribution in [0.25, 0.3) is 0 Å². The molecule has 1 saturated heterocycles. The summed E-state index contributed by atoms with van der Waals surface area (Å²) < 4.78 is 6.39. The Morgan fingerprint density at radius 3 is 3.05 bits per heavy atom. The lowest BCUT2D eigenvalue weighted by Gasteiger charge is -2.41. The van der Waals surface area contributed by atoms with E-state index in [1.54, 1.807) is 0 Å². The first kappa shape index (κ1) is 14.2. The number of ether oxygens (including phenoxy) is 1. The Hall–Kier alpha value is -0.770. The van der Waals surface area contributed by atoms with Crippen LogP contribution < -0.4 is 10.5 Å². The Bertz CT molecular complexity index is 493. The Kier molecular flexibility index (Phi) is 3.93. The van der Waals surface area contributed by atoms with E-state index in [1.807, 2.05) is 18.2 Å². The first-order valence-corrected chi connectivity index (χ1v) is 7.96. The Morgan fingerprint density at radius 2 is 2.25 bits per heavy atom. The molecule has 0 aromatic heterocycles. The van der Waals surface area contributed by atoms with Crippen molar-refractivity contribution in [1.82, 2.24) is 4.90 Å². The minimum atomic E-state index is -0.0792. The topological polar surface area (TPSA) is 38.5 Å². The number of benzene rings is 1. The molecule has 0 amide bonds. The fourth-order valence-electron chi connectivity index (χ4n) is 3.53. The Morgan fingerprint density at radius 1 is 1.40 bits per heavy atom. The summed E-state index contributed by atoms with van der Waals surface area (Å²) in [6.45, 7) is 5.62. The van der Waals surface area contributed by atoms with Gasteiger partial charge in [0.15, 0.2) is 0 Å². The number of hydrogen-bond acceptors (Lipinski definition) is 3. The number of fused-ring (bicyclic) bond motifs is 1. The summed E-state index contributed by atoms with van der Waals surface area (Å²) in [5.74, 6) is 0.929. The molecule has 0 radical (unpaired) electrons. The molecule has 110 valence electrons. The van der Waals surface area contributed by atoms with Crippen LogP contribution in [0.5, 0.6) is 5.75 Å². The van der Waals surface area contributed by atoms with Crippen LogP contribution in [0.2, 0.25) is 5.02 Å².